The molecule has 624 valence electrons. The van der Waals surface area contributed by atoms with Gasteiger partial charge in [-0.25, -0.2) is 0 Å². The Bertz CT molecular complexity index is 2670. The van der Waals surface area contributed by atoms with E-state index in [1.54, 1.807) is 25.3 Å². The second-order valence-electron chi connectivity index (χ2n) is 31.6. The van der Waals surface area contributed by atoms with E-state index in [4.69, 9.17) is 49.9 Å². The van der Waals surface area contributed by atoms with E-state index in [2.05, 4.69) is 191 Å². The number of hydrogen-bond donors (Lipinski definition) is 0. The number of ketones is 1. The third kappa shape index (κ3) is 31.0. The first-order chi connectivity index (χ1) is 51.6. The lowest BCUT2D eigenvalue weighted by atomic mass is 9.82. The zero-order chi connectivity index (χ0) is 81.3. The van der Waals surface area contributed by atoms with Crippen molar-refractivity contribution < 1.29 is 64.3 Å². The van der Waals surface area contributed by atoms with E-state index in [1.807, 2.05) is 54.7 Å². The van der Waals surface area contributed by atoms with Gasteiger partial charge in [-0.05, 0) is 172 Å². The van der Waals surface area contributed by atoms with E-state index in [0.717, 1.165) is 127 Å². The van der Waals surface area contributed by atoms with Crippen molar-refractivity contribution in [2.45, 2.75) is 405 Å². The molecule has 1 fully saturated rings. The van der Waals surface area contributed by atoms with Gasteiger partial charge in [0.1, 0.15) is 18.6 Å². The Morgan fingerprint density at radius 1 is 0.444 bits per heavy atom. The van der Waals surface area contributed by atoms with Crippen molar-refractivity contribution >= 4 is 75.9 Å². The van der Waals surface area contributed by atoms with Crippen molar-refractivity contribution in [2.24, 2.45) is 17.8 Å². The third-order valence-corrected chi connectivity index (χ3v) is 59.3. The number of fused-ring (bicyclic) bond motifs is 2. The van der Waals surface area contributed by atoms with Crippen LogP contribution in [-0.4, -0.2) is 150 Å². The summed E-state index contributed by atoms with van der Waals surface area (Å²) < 4.78 is 82.3. The van der Waals surface area contributed by atoms with Crippen LogP contribution in [0.5, 0.6) is 0 Å². The number of ether oxygens (including phenoxy) is 4. The van der Waals surface area contributed by atoms with Crippen LogP contribution < -0.4 is 0 Å². The van der Waals surface area contributed by atoms with Gasteiger partial charge in [-0.3, -0.25) is 14.4 Å². The molecule has 0 aromatic carbocycles. The maximum absolute atomic E-state index is 15.2. The minimum atomic E-state index is -2.49. The van der Waals surface area contributed by atoms with Gasteiger partial charge < -0.3 is 49.9 Å². The van der Waals surface area contributed by atoms with Gasteiger partial charge in [0.25, 0.3) is 0 Å². The number of hydrogen-bond acceptors (Lipinski definition) is 14. The van der Waals surface area contributed by atoms with Crippen LogP contribution in [0.2, 0.25) is 127 Å². The predicted molar refractivity (Wildman–Crippen MR) is 474 cm³/mol. The van der Waals surface area contributed by atoms with E-state index in [-0.39, 0.29) is 67.8 Å². The molecule has 0 saturated carbocycles. The fraction of sp³-hybridized carbons (Fsp3) is 0.782. The molecule has 13 atom stereocenters. The molecular weight excluding hydrogens is 1470 g/mol. The molecule has 2 aliphatic rings. The fourth-order valence-electron chi connectivity index (χ4n) is 16.9. The Balaban J connectivity index is 3.46. The van der Waals surface area contributed by atoms with Crippen molar-refractivity contribution in [2.75, 3.05) is 13.7 Å². The molecule has 14 nitrogen and oxygen atoms in total. The van der Waals surface area contributed by atoms with Crippen LogP contribution in [0.3, 0.4) is 0 Å². The second-order valence-corrected chi connectivity index (χ2v) is 64.7. The van der Waals surface area contributed by atoms with Crippen LogP contribution in [0, 0.1) is 17.8 Å². The maximum atomic E-state index is 15.2. The molecule has 2 bridgehead atoms. The first-order valence-corrected chi connectivity index (χ1v) is 61.4. The summed E-state index contributed by atoms with van der Waals surface area (Å²) >= 11 is 0. The Kier molecular flexibility index (Phi) is 49.3. The minimum Gasteiger partial charge on any atom is -0.462 e. The van der Waals surface area contributed by atoms with Crippen LogP contribution in [0.25, 0.3) is 0 Å². The molecule has 0 unspecified atom stereocenters. The molecule has 2 heterocycles. The normalized spacial score (nSPS) is 28.3. The van der Waals surface area contributed by atoms with Gasteiger partial charge in [-0.1, -0.05) is 251 Å². The Labute approximate surface area is 670 Å². The van der Waals surface area contributed by atoms with Crippen molar-refractivity contribution in [3.63, 3.8) is 0 Å². The first kappa shape index (κ1) is 102. The second kappa shape index (κ2) is 52.3. The molecule has 21 heteroatoms. The number of carbonyl (C=O) groups excluding carboxylic acids is 3. The largest absolute Gasteiger partial charge is 0.462 e. The Morgan fingerprint density at radius 2 is 0.815 bits per heavy atom. The molecule has 2 aliphatic heterocycles. The zero-order valence-corrected chi connectivity index (χ0v) is 80.7. The maximum Gasteiger partial charge on any atom is 0.314 e. The summed E-state index contributed by atoms with van der Waals surface area (Å²) in [6, 6.07) is 19.7. The summed E-state index contributed by atoms with van der Waals surface area (Å²) in [6.45, 7) is 58.5. The average molecular weight is 1630 g/mol. The molecule has 0 N–H and O–H groups in total. The van der Waals surface area contributed by atoms with Gasteiger partial charge in [0.05, 0.1) is 49.1 Å². The number of methoxy groups -OCH3 is 1. The van der Waals surface area contributed by atoms with E-state index in [0.29, 0.717) is 32.1 Å². The highest BCUT2D eigenvalue weighted by molar-refractivity contribution is 6.76. The topological polar surface area (TPSA) is 153 Å². The van der Waals surface area contributed by atoms with Gasteiger partial charge >= 0.3 is 11.9 Å². The molecule has 0 radical (unpaired) electrons. The number of esters is 2. The lowest BCUT2D eigenvalue weighted by Gasteiger charge is -2.50. The predicted octanol–water partition coefficient (Wildman–Crippen LogP) is 24.6. The highest BCUT2D eigenvalue weighted by Gasteiger charge is 2.56. The number of cyclic esters (lactones) is 1. The standard InChI is InChI=1S/C87H164O14Si7/c1-27-65-92-86(90)84-81-66-75(88)62-60-58-56-54-52-50-49-51-53-55-57-59-61-72(23)85(101-108(46-20,47-21)48-22)73(24)74(25)93-83(89)69-77(96-103(31-5,32-6)33-7)67-76(95-102(28-2,29-3)30-4)63-64-79(98-105(37-11,38-12)39-13)80(99-106(40-14,41-15)42-16)68-78(97-104(34-8,35-9)36-10)70-87(91-26,94-81)71-82(84)100-107(43-17,44-18)45-19/h27,49-62,72-74,76-82,84-85H,1,28-48,63-71H2,2-26H3/b50-49+,53-51+,54-52+,57-55+,58-56+,61-59+,62-60+/t72-,73-,74-,76+,77+,78-,79+,80+,81-,82-,84-,85+,87+/m0/s1. The van der Waals surface area contributed by atoms with Crippen molar-refractivity contribution in [3.8, 4) is 0 Å². The summed E-state index contributed by atoms with van der Waals surface area (Å²) in [5, 5.41) is 0. The number of rotatable bonds is 39. The number of allylic oxidation sites excluding steroid dienone is 13. The molecule has 0 spiro atoms. The van der Waals surface area contributed by atoms with Gasteiger partial charge in [0.2, 0.25) is 0 Å². The summed E-state index contributed by atoms with van der Waals surface area (Å²) in [7, 11) is -15.0. The minimum absolute atomic E-state index is 0.00445. The molecule has 2 rings (SSSR count). The highest BCUT2D eigenvalue weighted by atomic mass is 28.4. The van der Waals surface area contributed by atoms with Crippen LogP contribution in [0.1, 0.15) is 218 Å². The quantitative estimate of drug-likeness (QED) is 0.0326. The Hall–Kier alpha value is -2.31. The van der Waals surface area contributed by atoms with Crippen molar-refractivity contribution in [1.29, 1.82) is 0 Å². The summed E-state index contributed by atoms with van der Waals surface area (Å²) in [5.74, 6) is -3.31. The van der Waals surface area contributed by atoms with Gasteiger partial charge in [-0.15, -0.1) is 0 Å². The molecular formula is C87H164O14Si7. The van der Waals surface area contributed by atoms with Gasteiger partial charge in [-0.2, -0.15) is 0 Å². The molecule has 1 saturated heterocycles. The highest BCUT2D eigenvalue weighted by Crippen LogP contribution is 2.46. The molecule has 0 amide bonds. The van der Waals surface area contributed by atoms with Crippen LogP contribution in [-0.2, 0) is 64.3 Å². The fourth-order valence-corrected chi connectivity index (χ4v) is 37.3. The Morgan fingerprint density at radius 3 is 1.23 bits per heavy atom. The molecule has 108 heavy (non-hydrogen) atoms. The van der Waals surface area contributed by atoms with E-state index >= 15 is 4.79 Å². The average Bonchev–Trinajstić information content (AvgIpc) is 0.789. The number of carbonyl (C=O) groups is 3. The monoisotopic (exact) mass is 1630 g/mol. The first-order valence-electron chi connectivity index (χ1n) is 43.7. The van der Waals surface area contributed by atoms with E-state index < -0.39 is 113 Å². The SMILES string of the molecule is C=CCOC(=O)[C@H]1[C@@H]2CC(=O)/C=C/C=C/C=C/C=C/C=C/C=C/C=C/[C@H](C)[C@@H](O[Si](CC)(CC)CC)[C@@H](C)[C@H](C)OC(=O)C[C@H](O[Si](CC)(CC)CC)C[C@H](O[Si](CC)(CC)CC)CC[C@@H](O[Si](CC)(CC)CC)[C@H](O[Si](CC)(CC)CC)C[C@H](O[Si](CC)(CC)CC)C[C@](OC)(C[C@@H]1O[Si](CC)(CC)CC)O2. The third-order valence-electron chi connectivity index (χ3n) is 26.6. The smallest absolute Gasteiger partial charge is 0.314 e. The summed E-state index contributed by atoms with van der Waals surface area (Å²) in [5.41, 5.74) is 0. The molecule has 0 aromatic heterocycles. The summed E-state index contributed by atoms with van der Waals surface area (Å²) in [6.07, 6.45) is 27.5. The summed E-state index contributed by atoms with van der Waals surface area (Å²) in [4.78, 5) is 44.9. The zero-order valence-electron chi connectivity index (χ0n) is 73.7. The van der Waals surface area contributed by atoms with Gasteiger partial charge in [0, 0.05) is 38.4 Å². The van der Waals surface area contributed by atoms with Crippen molar-refractivity contribution in [1.82, 2.24) is 0 Å². The van der Waals surface area contributed by atoms with E-state index in [9.17, 15) is 9.59 Å². The van der Waals surface area contributed by atoms with Crippen molar-refractivity contribution in [3.05, 3.63) is 97.7 Å². The molecule has 0 aliphatic carbocycles. The molecule has 0 aromatic rings. The lowest BCUT2D eigenvalue weighted by molar-refractivity contribution is -0.306. The van der Waals surface area contributed by atoms with E-state index in [1.165, 1.54) is 0 Å². The van der Waals surface area contributed by atoms with Crippen LogP contribution in [0.4, 0.5) is 0 Å². The lowest BCUT2D eigenvalue weighted by Crippen LogP contribution is -2.60. The van der Waals surface area contributed by atoms with Crippen LogP contribution >= 0.6 is 0 Å². The van der Waals surface area contributed by atoms with Gasteiger partial charge in [0.15, 0.2) is 69.8 Å². The van der Waals surface area contributed by atoms with Crippen LogP contribution in [0.15, 0.2) is 97.7 Å².